The molecule has 0 aliphatic carbocycles. The number of rotatable bonds is 5. The number of carbonyl (C=O) groups excluding carboxylic acids is 1. The first-order valence-electron chi connectivity index (χ1n) is 6.12. The lowest BCUT2D eigenvalue weighted by atomic mass is 10.0. The van der Waals surface area contributed by atoms with Crippen LogP contribution in [0.3, 0.4) is 0 Å². The van der Waals surface area contributed by atoms with E-state index >= 15 is 0 Å². The molecule has 3 atom stereocenters. The van der Waals surface area contributed by atoms with Gasteiger partial charge in [-0.15, -0.1) is 0 Å². The number of amides is 1. The lowest BCUT2D eigenvalue weighted by molar-refractivity contribution is -0.132. The number of nitrogens with two attached hydrogens (primary N) is 1. The van der Waals surface area contributed by atoms with Crippen molar-refractivity contribution in [2.45, 2.75) is 45.3 Å². The Labute approximate surface area is 98.1 Å². The summed E-state index contributed by atoms with van der Waals surface area (Å²) < 4.78 is 5.14. The molecule has 1 amide bonds. The first-order valence-corrected chi connectivity index (χ1v) is 6.12. The summed E-state index contributed by atoms with van der Waals surface area (Å²) >= 11 is 0. The van der Waals surface area contributed by atoms with Crippen molar-refractivity contribution in [3.05, 3.63) is 0 Å². The maximum absolute atomic E-state index is 12.0. The molecule has 1 saturated heterocycles. The quantitative estimate of drug-likeness (QED) is 0.763. The van der Waals surface area contributed by atoms with Crippen molar-refractivity contribution in [2.75, 3.05) is 20.2 Å². The van der Waals surface area contributed by atoms with E-state index in [1.54, 1.807) is 7.11 Å². The van der Waals surface area contributed by atoms with Gasteiger partial charge in [-0.1, -0.05) is 6.92 Å². The van der Waals surface area contributed by atoms with Gasteiger partial charge in [0, 0.05) is 32.7 Å². The molecule has 4 heteroatoms. The molecule has 0 bridgehead atoms. The van der Waals surface area contributed by atoms with Crippen molar-refractivity contribution >= 4 is 5.91 Å². The van der Waals surface area contributed by atoms with Crippen molar-refractivity contribution < 1.29 is 9.53 Å². The Hall–Kier alpha value is -0.610. The van der Waals surface area contributed by atoms with Crippen molar-refractivity contribution in [1.29, 1.82) is 0 Å². The first-order chi connectivity index (χ1) is 7.60. The minimum absolute atomic E-state index is 0.153. The molecular weight excluding hydrogens is 204 g/mol. The van der Waals surface area contributed by atoms with E-state index < -0.39 is 0 Å². The summed E-state index contributed by atoms with van der Waals surface area (Å²) in [6, 6.07) is 0.241. The van der Waals surface area contributed by atoms with Gasteiger partial charge in [-0.2, -0.15) is 0 Å². The average Bonchev–Trinajstić information content (AvgIpc) is 2.66. The zero-order chi connectivity index (χ0) is 12.1. The molecular formula is C12H24N2O2. The molecule has 0 saturated carbocycles. The standard InChI is InChI=1S/C12H24N2O2/c1-9-6-7-14(11(9)8-13)12(15)5-4-10(2)16-3/h9-11H,4-8,13H2,1-3H3. The molecule has 16 heavy (non-hydrogen) atoms. The second-order valence-corrected chi connectivity index (χ2v) is 4.74. The maximum Gasteiger partial charge on any atom is 0.222 e. The molecule has 0 aromatic carbocycles. The maximum atomic E-state index is 12.0. The van der Waals surface area contributed by atoms with Gasteiger partial charge in [-0.3, -0.25) is 4.79 Å². The summed E-state index contributed by atoms with van der Waals surface area (Å²) in [4.78, 5) is 13.9. The van der Waals surface area contributed by atoms with Crippen molar-refractivity contribution in [3.63, 3.8) is 0 Å². The highest BCUT2D eigenvalue weighted by molar-refractivity contribution is 5.76. The van der Waals surface area contributed by atoms with Gasteiger partial charge < -0.3 is 15.4 Å². The van der Waals surface area contributed by atoms with Crippen LogP contribution in [0, 0.1) is 5.92 Å². The third-order valence-electron chi connectivity index (χ3n) is 3.61. The van der Waals surface area contributed by atoms with E-state index in [2.05, 4.69) is 6.92 Å². The van der Waals surface area contributed by atoms with Crippen LogP contribution in [0.25, 0.3) is 0 Å². The van der Waals surface area contributed by atoms with Crippen molar-refractivity contribution in [2.24, 2.45) is 11.7 Å². The Balaban J connectivity index is 2.41. The van der Waals surface area contributed by atoms with Gasteiger partial charge in [0.15, 0.2) is 0 Å². The second kappa shape index (κ2) is 6.21. The molecule has 1 rings (SSSR count). The Morgan fingerprint density at radius 2 is 2.31 bits per heavy atom. The fourth-order valence-corrected chi connectivity index (χ4v) is 2.27. The summed E-state index contributed by atoms with van der Waals surface area (Å²) in [5.41, 5.74) is 5.72. The monoisotopic (exact) mass is 228 g/mol. The number of hydrogen-bond acceptors (Lipinski definition) is 3. The summed E-state index contributed by atoms with van der Waals surface area (Å²) in [6.45, 7) is 5.60. The van der Waals surface area contributed by atoms with Crippen LogP contribution >= 0.6 is 0 Å². The van der Waals surface area contributed by atoms with E-state index in [9.17, 15) is 4.79 Å². The Bertz CT molecular complexity index is 233. The van der Waals surface area contributed by atoms with E-state index in [1.807, 2.05) is 11.8 Å². The molecule has 1 aliphatic rings. The van der Waals surface area contributed by atoms with E-state index in [0.717, 1.165) is 19.4 Å². The summed E-state index contributed by atoms with van der Waals surface area (Å²) in [5.74, 6) is 0.762. The number of methoxy groups -OCH3 is 1. The average molecular weight is 228 g/mol. The highest BCUT2D eigenvalue weighted by Gasteiger charge is 2.32. The van der Waals surface area contributed by atoms with Crippen LogP contribution in [0.15, 0.2) is 0 Å². The Morgan fingerprint density at radius 1 is 1.62 bits per heavy atom. The largest absolute Gasteiger partial charge is 0.382 e. The van der Waals surface area contributed by atoms with Crippen LogP contribution in [0.5, 0.6) is 0 Å². The van der Waals surface area contributed by atoms with E-state index in [-0.39, 0.29) is 18.1 Å². The first kappa shape index (κ1) is 13.5. The molecule has 1 fully saturated rings. The van der Waals surface area contributed by atoms with Gasteiger partial charge in [-0.05, 0) is 25.7 Å². The molecule has 2 N–H and O–H groups in total. The summed E-state index contributed by atoms with van der Waals surface area (Å²) in [6.07, 6.45) is 2.59. The van der Waals surface area contributed by atoms with Crippen LogP contribution in [0.1, 0.15) is 33.1 Å². The fraction of sp³-hybridized carbons (Fsp3) is 0.917. The van der Waals surface area contributed by atoms with Crippen LogP contribution in [-0.4, -0.2) is 43.2 Å². The van der Waals surface area contributed by atoms with Gasteiger partial charge in [-0.25, -0.2) is 0 Å². The minimum Gasteiger partial charge on any atom is -0.382 e. The topological polar surface area (TPSA) is 55.6 Å². The van der Waals surface area contributed by atoms with Gasteiger partial charge >= 0.3 is 0 Å². The van der Waals surface area contributed by atoms with E-state index in [4.69, 9.17) is 10.5 Å². The molecule has 3 unspecified atom stereocenters. The zero-order valence-corrected chi connectivity index (χ0v) is 10.6. The molecule has 1 heterocycles. The lowest BCUT2D eigenvalue weighted by Crippen LogP contribution is -2.42. The lowest BCUT2D eigenvalue weighted by Gasteiger charge is -2.26. The summed E-state index contributed by atoms with van der Waals surface area (Å²) in [7, 11) is 1.68. The predicted molar refractivity (Wildman–Crippen MR) is 64.0 cm³/mol. The van der Waals surface area contributed by atoms with E-state index in [0.29, 0.717) is 18.9 Å². The third kappa shape index (κ3) is 3.19. The number of nitrogens with zero attached hydrogens (tertiary/aromatic N) is 1. The molecule has 94 valence electrons. The molecule has 4 nitrogen and oxygen atoms in total. The second-order valence-electron chi connectivity index (χ2n) is 4.74. The van der Waals surface area contributed by atoms with Gasteiger partial charge in [0.25, 0.3) is 0 Å². The van der Waals surface area contributed by atoms with Crippen LogP contribution in [0.2, 0.25) is 0 Å². The smallest absolute Gasteiger partial charge is 0.222 e. The normalized spacial score (nSPS) is 27.1. The van der Waals surface area contributed by atoms with Gasteiger partial charge in [0.2, 0.25) is 5.91 Å². The SMILES string of the molecule is COC(C)CCC(=O)N1CCC(C)C1CN. The third-order valence-corrected chi connectivity index (χ3v) is 3.61. The van der Waals surface area contributed by atoms with Crippen LogP contribution in [-0.2, 0) is 9.53 Å². The number of carbonyl (C=O) groups is 1. The highest BCUT2D eigenvalue weighted by atomic mass is 16.5. The van der Waals surface area contributed by atoms with E-state index in [1.165, 1.54) is 0 Å². The van der Waals surface area contributed by atoms with Crippen LogP contribution < -0.4 is 5.73 Å². The Kier molecular flexibility index (Phi) is 5.22. The zero-order valence-electron chi connectivity index (χ0n) is 10.6. The van der Waals surface area contributed by atoms with Crippen molar-refractivity contribution in [1.82, 2.24) is 4.90 Å². The molecule has 0 aromatic heterocycles. The molecule has 0 spiro atoms. The fourth-order valence-electron chi connectivity index (χ4n) is 2.27. The predicted octanol–water partition coefficient (Wildman–Crippen LogP) is 0.997. The number of hydrogen-bond donors (Lipinski definition) is 1. The highest BCUT2D eigenvalue weighted by Crippen LogP contribution is 2.24. The van der Waals surface area contributed by atoms with Crippen LogP contribution in [0.4, 0.5) is 0 Å². The minimum atomic E-state index is 0.153. The molecule has 0 radical (unpaired) electrons. The van der Waals surface area contributed by atoms with Crippen molar-refractivity contribution in [3.8, 4) is 0 Å². The molecule has 0 aromatic rings. The number of ether oxygens (including phenoxy) is 1. The Morgan fingerprint density at radius 3 is 2.88 bits per heavy atom. The van der Waals surface area contributed by atoms with Gasteiger partial charge in [0.1, 0.15) is 0 Å². The number of likely N-dealkylation sites (tertiary alicyclic amines) is 1. The summed E-state index contributed by atoms with van der Waals surface area (Å²) in [5, 5.41) is 0. The van der Waals surface area contributed by atoms with Gasteiger partial charge in [0.05, 0.1) is 6.10 Å². The molecule has 1 aliphatic heterocycles.